The van der Waals surface area contributed by atoms with Crippen molar-refractivity contribution in [2.75, 3.05) is 0 Å². The van der Waals surface area contributed by atoms with Crippen LogP contribution in [0.3, 0.4) is 0 Å². The van der Waals surface area contributed by atoms with E-state index >= 15 is 0 Å². The Morgan fingerprint density at radius 3 is 1.29 bits per heavy atom. The van der Waals surface area contributed by atoms with Crippen LogP contribution in [0.15, 0.2) is 76.1 Å². The molecule has 0 amide bonds. The molecule has 0 fully saturated rings. The van der Waals surface area contributed by atoms with Crippen molar-refractivity contribution in [2.45, 2.75) is 0 Å². The minimum absolute atomic E-state index is 0.763. The van der Waals surface area contributed by atoms with Crippen molar-refractivity contribution in [2.24, 2.45) is 0 Å². The van der Waals surface area contributed by atoms with Crippen molar-refractivity contribution in [3.05, 3.63) is 81.7 Å². The molecular weight excluding hydrogens is 419 g/mol. The predicted octanol–water partition coefficient (Wildman–Crippen LogP) is 8.47. The highest BCUT2D eigenvalue weighted by molar-refractivity contribution is 7.15. The number of hydrogen-bond acceptors (Lipinski definition) is 5. The summed E-state index contributed by atoms with van der Waals surface area (Å²) in [6.45, 7) is 0. The molecule has 0 radical (unpaired) electrons. The zero-order valence-electron chi connectivity index (χ0n) is 14.6. The molecule has 0 bridgehead atoms. The Morgan fingerprint density at radius 2 is 0.964 bits per heavy atom. The highest BCUT2D eigenvalue weighted by Gasteiger charge is 2.24. The van der Waals surface area contributed by atoms with Crippen molar-refractivity contribution in [3.63, 3.8) is 0 Å². The van der Waals surface area contributed by atoms with Crippen molar-refractivity contribution in [1.82, 2.24) is 0 Å². The molecule has 0 N–H and O–H groups in total. The van der Waals surface area contributed by atoms with E-state index in [1.165, 1.54) is 9.75 Å². The van der Waals surface area contributed by atoms with Gasteiger partial charge < -0.3 is 0 Å². The van der Waals surface area contributed by atoms with Gasteiger partial charge in [-0.15, -0.1) is 45.3 Å². The lowest BCUT2D eigenvalue weighted by atomic mass is 9.89. The Balaban J connectivity index is 1.95. The quantitative estimate of drug-likeness (QED) is 0.280. The summed E-state index contributed by atoms with van der Waals surface area (Å²) < 4.78 is 0. The van der Waals surface area contributed by atoms with Crippen LogP contribution in [0.25, 0.3) is 41.8 Å². The highest BCUT2D eigenvalue weighted by Crippen LogP contribution is 2.48. The molecule has 0 aliphatic rings. The Labute approximate surface area is 179 Å². The summed E-state index contributed by atoms with van der Waals surface area (Å²) in [6, 6.07) is 21.6. The molecule has 0 atom stereocenters. The van der Waals surface area contributed by atoms with E-state index < -0.39 is 0 Å². The Bertz CT molecular complexity index is 1150. The van der Waals surface area contributed by atoms with Gasteiger partial charge in [0.05, 0.1) is 5.56 Å². The van der Waals surface area contributed by atoms with E-state index in [-0.39, 0.29) is 0 Å². The lowest BCUT2D eigenvalue weighted by molar-refractivity contribution is 1.49. The molecule has 5 rings (SSSR count). The maximum absolute atomic E-state index is 10.3. The molecule has 0 spiro atoms. The maximum Gasteiger partial charge on any atom is 0.101 e. The van der Waals surface area contributed by atoms with Crippen molar-refractivity contribution >= 4 is 45.3 Å². The molecule has 28 heavy (non-hydrogen) atoms. The van der Waals surface area contributed by atoms with Crippen molar-refractivity contribution < 1.29 is 0 Å². The van der Waals surface area contributed by atoms with Crippen LogP contribution in [-0.2, 0) is 0 Å². The van der Waals surface area contributed by atoms with Gasteiger partial charge in [0.2, 0.25) is 0 Å². The summed E-state index contributed by atoms with van der Waals surface area (Å²) in [5, 5.41) is 18.6. The SMILES string of the molecule is N#Cc1c(-c2cccs2)c(-c2cccs2)cc(-c2cccs2)c1-c1cccs1. The molecule has 0 aliphatic heterocycles. The van der Waals surface area contributed by atoms with Gasteiger partial charge in [-0.1, -0.05) is 24.3 Å². The van der Waals surface area contributed by atoms with E-state index in [1.807, 2.05) is 0 Å². The van der Waals surface area contributed by atoms with Gasteiger partial charge in [-0.2, -0.15) is 5.26 Å². The molecular formula is C23H13NS4. The molecule has 0 unspecified atom stereocenters. The van der Waals surface area contributed by atoms with E-state index in [0.29, 0.717) is 0 Å². The second kappa shape index (κ2) is 7.50. The van der Waals surface area contributed by atoms with Crippen LogP contribution < -0.4 is 0 Å². The minimum Gasteiger partial charge on any atom is -0.192 e. The monoisotopic (exact) mass is 431 g/mol. The van der Waals surface area contributed by atoms with Gasteiger partial charge in [-0.05, 0) is 51.9 Å². The number of nitriles is 1. The number of hydrogen-bond donors (Lipinski definition) is 0. The molecule has 5 heteroatoms. The number of benzene rings is 1. The van der Waals surface area contributed by atoms with Gasteiger partial charge >= 0.3 is 0 Å². The van der Waals surface area contributed by atoms with E-state index in [1.54, 1.807) is 45.3 Å². The van der Waals surface area contributed by atoms with Gasteiger partial charge in [0.15, 0.2) is 0 Å². The topological polar surface area (TPSA) is 23.8 Å². The first-order valence-corrected chi connectivity index (χ1v) is 12.2. The van der Waals surface area contributed by atoms with Crippen LogP contribution in [-0.4, -0.2) is 0 Å². The fraction of sp³-hybridized carbons (Fsp3) is 0. The van der Waals surface area contributed by atoms with Crippen LogP contribution in [0.1, 0.15) is 5.56 Å². The summed E-state index contributed by atoms with van der Waals surface area (Å²) in [5.41, 5.74) is 5.13. The van der Waals surface area contributed by atoms with Crippen molar-refractivity contribution in [3.8, 4) is 47.8 Å². The number of rotatable bonds is 4. The molecule has 0 saturated carbocycles. The molecule has 0 saturated heterocycles. The van der Waals surface area contributed by atoms with E-state index in [2.05, 4.69) is 82.2 Å². The second-order valence-electron chi connectivity index (χ2n) is 6.12. The van der Waals surface area contributed by atoms with Crippen LogP contribution >= 0.6 is 45.3 Å². The van der Waals surface area contributed by atoms with E-state index in [4.69, 9.17) is 0 Å². The molecule has 4 aromatic heterocycles. The molecule has 1 aromatic carbocycles. The maximum atomic E-state index is 10.3. The molecule has 0 aliphatic carbocycles. The number of thiophene rings is 4. The minimum atomic E-state index is 0.763. The summed E-state index contributed by atoms with van der Waals surface area (Å²) >= 11 is 6.81. The number of nitrogens with zero attached hydrogens (tertiary/aromatic N) is 1. The largest absolute Gasteiger partial charge is 0.192 e. The Kier molecular flexibility index (Phi) is 4.71. The van der Waals surface area contributed by atoms with Crippen LogP contribution in [0, 0.1) is 11.3 Å². The third-order valence-electron chi connectivity index (χ3n) is 4.55. The van der Waals surface area contributed by atoms with E-state index in [9.17, 15) is 5.26 Å². The summed E-state index contributed by atoms with van der Waals surface area (Å²) in [5.74, 6) is 0. The van der Waals surface area contributed by atoms with Crippen molar-refractivity contribution in [1.29, 1.82) is 5.26 Å². The molecule has 134 valence electrons. The normalized spacial score (nSPS) is 10.8. The van der Waals surface area contributed by atoms with Crippen LogP contribution in [0.5, 0.6) is 0 Å². The smallest absolute Gasteiger partial charge is 0.101 e. The van der Waals surface area contributed by atoms with Crippen LogP contribution in [0.2, 0.25) is 0 Å². The first-order chi connectivity index (χ1) is 13.9. The Hall–Kier alpha value is -2.49. The fourth-order valence-corrected chi connectivity index (χ4v) is 6.48. The average molecular weight is 432 g/mol. The third kappa shape index (κ3) is 2.95. The lowest BCUT2D eigenvalue weighted by Gasteiger charge is -2.17. The zero-order valence-corrected chi connectivity index (χ0v) is 17.9. The first-order valence-electron chi connectivity index (χ1n) is 8.63. The van der Waals surface area contributed by atoms with Gasteiger partial charge in [0.1, 0.15) is 6.07 Å². The summed E-state index contributed by atoms with van der Waals surface area (Å²) in [4.78, 5) is 4.65. The molecule has 5 aromatic rings. The molecule has 1 nitrogen and oxygen atoms in total. The summed E-state index contributed by atoms with van der Waals surface area (Å²) in [6.07, 6.45) is 0. The first kappa shape index (κ1) is 17.6. The van der Waals surface area contributed by atoms with Gasteiger partial charge in [-0.3, -0.25) is 0 Å². The fourth-order valence-electron chi connectivity index (χ4n) is 3.40. The predicted molar refractivity (Wildman–Crippen MR) is 124 cm³/mol. The standard InChI is InChI=1S/C23H13NS4/c24-14-17-22(20-7-3-11-27-20)15(18-5-1-9-25-18)13-16(19-6-2-10-26-19)23(17)21-8-4-12-28-21/h1-13H. The second-order valence-corrected chi connectivity index (χ2v) is 9.91. The van der Waals surface area contributed by atoms with Gasteiger partial charge in [0.25, 0.3) is 0 Å². The van der Waals surface area contributed by atoms with Crippen LogP contribution in [0.4, 0.5) is 0 Å². The average Bonchev–Trinajstić information content (AvgIpc) is 3.53. The summed E-state index contributed by atoms with van der Waals surface area (Å²) in [7, 11) is 0. The van der Waals surface area contributed by atoms with Gasteiger partial charge in [0, 0.05) is 41.8 Å². The zero-order chi connectivity index (χ0) is 18.9. The Morgan fingerprint density at radius 1 is 0.571 bits per heavy atom. The van der Waals surface area contributed by atoms with Gasteiger partial charge in [-0.25, -0.2) is 0 Å². The lowest BCUT2D eigenvalue weighted by Crippen LogP contribution is -1.94. The third-order valence-corrected chi connectivity index (χ3v) is 8.13. The van der Waals surface area contributed by atoms with E-state index in [0.717, 1.165) is 37.6 Å². The highest BCUT2D eigenvalue weighted by atomic mass is 32.1. The molecule has 4 heterocycles.